The standard InChI is InChI=1S/C13H26N2/c1-12-5-10-15(9-4-8-14-12)11-13(2)6-3-7-13/h12,14H,3-11H2,1-2H3. The maximum atomic E-state index is 3.57. The van der Waals surface area contributed by atoms with Crippen LogP contribution in [0, 0.1) is 5.41 Å². The molecule has 1 atom stereocenters. The third kappa shape index (κ3) is 3.18. The Morgan fingerprint density at radius 1 is 1.27 bits per heavy atom. The molecule has 15 heavy (non-hydrogen) atoms. The minimum Gasteiger partial charge on any atom is -0.314 e. The van der Waals surface area contributed by atoms with Crippen LogP contribution in [-0.4, -0.2) is 37.1 Å². The van der Waals surface area contributed by atoms with Gasteiger partial charge in [0, 0.05) is 12.6 Å². The smallest absolute Gasteiger partial charge is 0.00509 e. The fourth-order valence-electron chi connectivity index (χ4n) is 2.88. The second kappa shape index (κ2) is 4.84. The van der Waals surface area contributed by atoms with Crippen LogP contribution in [0.5, 0.6) is 0 Å². The predicted octanol–water partition coefficient (Wildman–Crippen LogP) is 2.25. The van der Waals surface area contributed by atoms with E-state index in [1.165, 1.54) is 58.3 Å². The molecule has 1 aliphatic heterocycles. The molecule has 1 saturated carbocycles. The van der Waals surface area contributed by atoms with Crippen molar-refractivity contribution in [1.29, 1.82) is 0 Å². The number of hydrogen-bond acceptors (Lipinski definition) is 2. The van der Waals surface area contributed by atoms with Crippen molar-refractivity contribution < 1.29 is 0 Å². The zero-order valence-electron chi connectivity index (χ0n) is 10.4. The van der Waals surface area contributed by atoms with Crippen LogP contribution in [0.2, 0.25) is 0 Å². The van der Waals surface area contributed by atoms with E-state index in [0.29, 0.717) is 11.5 Å². The number of hydrogen-bond donors (Lipinski definition) is 1. The van der Waals surface area contributed by atoms with E-state index in [9.17, 15) is 0 Å². The molecule has 1 aliphatic carbocycles. The largest absolute Gasteiger partial charge is 0.314 e. The Morgan fingerprint density at radius 3 is 2.73 bits per heavy atom. The van der Waals surface area contributed by atoms with Crippen molar-refractivity contribution in [3.8, 4) is 0 Å². The molecule has 1 heterocycles. The second-order valence-electron chi connectivity index (χ2n) is 5.94. The Hall–Kier alpha value is -0.0800. The molecule has 2 rings (SSSR count). The van der Waals surface area contributed by atoms with Gasteiger partial charge in [0.05, 0.1) is 0 Å². The highest BCUT2D eigenvalue weighted by molar-refractivity contribution is 4.87. The monoisotopic (exact) mass is 210 g/mol. The summed E-state index contributed by atoms with van der Waals surface area (Å²) in [5.74, 6) is 0. The minimum atomic E-state index is 0.663. The van der Waals surface area contributed by atoms with E-state index < -0.39 is 0 Å². The molecule has 2 fully saturated rings. The van der Waals surface area contributed by atoms with Crippen LogP contribution in [0.4, 0.5) is 0 Å². The summed E-state index contributed by atoms with van der Waals surface area (Å²) >= 11 is 0. The normalized spacial score (nSPS) is 32.8. The van der Waals surface area contributed by atoms with Crippen LogP contribution >= 0.6 is 0 Å². The summed E-state index contributed by atoms with van der Waals surface area (Å²) in [4.78, 5) is 2.70. The van der Waals surface area contributed by atoms with Gasteiger partial charge in [-0.25, -0.2) is 0 Å². The number of nitrogens with zero attached hydrogens (tertiary/aromatic N) is 1. The number of rotatable bonds is 2. The van der Waals surface area contributed by atoms with Gasteiger partial charge >= 0.3 is 0 Å². The van der Waals surface area contributed by atoms with Crippen molar-refractivity contribution >= 4 is 0 Å². The van der Waals surface area contributed by atoms with E-state index >= 15 is 0 Å². The highest BCUT2D eigenvalue weighted by Gasteiger charge is 2.33. The van der Waals surface area contributed by atoms with E-state index in [2.05, 4.69) is 24.1 Å². The summed E-state index contributed by atoms with van der Waals surface area (Å²) in [5, 5.41) is 3.57. The molecule has 0 aromatic heterocycles. The molecule has 2 aliphatic rings. The Labute approximate surface area is 94.4 Å². The third-order valence-corrected chi connectivity index (χ3v) is 4.19. The summed E-state index contributed by atoms with van der Waals surface area (Å²) in [7, 11) is 0. The molecule has 2 heteroatoms. The molecule has 0 aromatic rings. The zero-order chi connectivity index (χ0) is 10.7. The second-order valence-corrected chi connectivity index (χ2v) is 5.94. The molecule has 1 unspecified atom stereocenters. The molecular weight excluding hydrogens is 184 g/mol. The fourth-order valence-corrected chi connectivity index (χ4v) is 2.88. The predicted molar refractivity (Wildman–Crippen MR) is 65.1 cm³/mol. The first kappa shape index (κ1) is 11.4. The molecule has 0 aromatic carbocycles. The van der Waals surface area contributed by atoms with Crippen LogP contribution in [-0.2, 0) is 0 Å². The van der Waals surface area contributed by atoms with Crippen molar-refractivity contribution in [3.63, 3.8) is 0 Å². The topological polar surface area (TPSA) is 15.3 Å². The first-order valence-corrected chi connectivity index (χ1v) is 6.64. The van der Waals surface area contributed by atoms with Gasteiger partial charge in [0.25, 0.3) is 0 Å². The highest BCUT2D eigenvalue weighted by Crippen LogP contribution is 2.40. The fraction of sp³-hybridized carbons (Fsp3) is 1.00. The molecule has 88 valence electrons. The molecule has 0 spiro atoms. The third-order valence-electron chi connectivity index (χ3n) is 4.19. The van der Waals surface area contributed by atoms with Crippen molar-refractivity contribution in [2.75, 3.05) is 26.2 Å². The summed E-state index contributed by atoms with van der Waals surface area (Å²) in [6.45, 7) is 9.93. The van der Waals surface area contributed by atoms with Crippen LogP contribution in [0.25, 0.3) is 0 Å². The molecule has 0 radical (unpaired) electrons. The molecule has 2 nitrogen and oxygen atoms in total. The van der Waals surface area contributed by atoms with Gasteiger partial charge in [0.15, 0.2) is 0 Å². The lowest BCUT2D eigenvalue weighted by Gasteiger charge is -2.43. The number of nitrogens with one attached hydrogen (secondary N) is 1. The summed E-state index contributed by atoms with van der Waals surface area (Å²) in [5.41, 5.74) is 0.663. The van der Waals surface area contributed by atoms with Crippen LogP contribution in [0.1, 0.15) is 46.0 Å². The van der Waals surface area contributed by atoms with Gasteiger partial charge in [-0.2, -0.15) is 0 Å². The Kier molecular flexibility index (Phi) is 3.68. The molecule has 0 bridgehead atoms. The highest BCUT2D eigenvalue weighted by atomic mass is 15.1. The summed E-state index contributed by atoms with van der Waals surface area (Å²) < 4.78 is 0. The molecule has 0 amide bonds. The summed E-state index contributed by atoms with van der Waals surface area (Å²) in [6, 6.07) is 0.710. The minimum absolute atomic E-state index is 0.663. The molecular formula is C13H26N2. The van der Waals surface area contributed by atoms with E-state index in [1.54, 1.807) is 0 Å². The average molecular weight is 210 g/mol. The van der Waals surface area contributed by atoms with Crippen LogP contribution in [0.3, 0.4) is 0 Å². The van der Waals surface area contributed by atoms with Crippen molar-refractivity contribution in [1.82, 2.24) is 10.2 Å². The van der Waals surface area contributed by atoms with Gasteiger partial charge < -0.3 is 10.2 Å². The van der Waals surface area contributed by atoms with Crippen molar-refractivity contribution in [3.05, 3.63) is 0 Å². The maximum Gasteiger partial charge on any atom is 0.00509 e. The average Bonchev–Trinajstić information content (AvgIpc) is 2.14. The first-order valence-electron chi connectivity index (χ1n) is 6.64. The van der Waals surface area contributed by atoms with Crippen LogP contribution < -0.4 is 5.32 Å². The van der Waals surface area contributed by atoms with Gasteiger partial charge in [-0.15, -0.1) is 0 Å². The lowest BCUT2D eigenvalue weighted by molar-refractivity contribution is 0.0790. The molecule has 1 N–H and O–H groups in total. The lowest BCUT2D eigenvalue weighted by Crippen LogP contribution is -2.44. The first-order chi connectivity index (χ1) is 7.18. The maximum absolute atomic E-state index is 3.57. The summed E-state index contributed by atoms with van der Waals surface area (Å²) in [6.07, 6.45) is 7.01. The van der Waals surface area contributed by atoms with Crippen LogP contribution in [0.15, 0.2) is 0 Å². The van der Waals surface area contributed by atoms with E-state index in [1.807, 2.05) is 0 Å². The van der Waals surface area contributed by atoms with E-state index in [0.717, 1.165) is 0 Å². The van der Waals surface area contributed by atoms with E-state index in [4.69, 9.17) is 0 Å². The van der Waals surface area contributed by atoms with E-state index in [-0.39, 0.29) is 0 Å². The van der Waals surface area contributed by atoms with Crippen molar-refractivity contribution in [2.24, 2.45) is 5.41 Å². The van der Waals surface area contributed by atoms with Gasteiger partial charge in [-0.05, 0) is 57.7 Å². The Morgan fingerprint density at radius 2 is 2.07 bits per heavy atom. The SMILES string of the molecule is CC1CCN(CC2(C)CCC2)CCCN1. The van der Waals surface area contributed by atoms with Gasteiger partial charge in [0.2, 0.25) is 0 Å². The lowest BCUT2D eigenvalue weighted by atomic mass is 9.70. The van der Waals surface area contributed by atoms with Crippen molar-refractivity contribution in [2.45, 2.75) is 52.0 Å². The zero-order valence-corrected chi connectivity index (χ0v) is 10.4. The van der Waals surface area contributed by atoms with Gasteiger partial charge in [-0.1, -0.05) is 13.3 Å². The molecule has 1 saturated heterocycles. The van der Waals surface area contributed by atoms with Gasteiger partial charge in [-0.3, -0.25) is 0 Å². The Balaban J connectivity index is 1.79. The van der Waals surface area contributed by atoms with Gasteiger partial charge in [0.1, 0.15) is 0 Å². The quantitative estimate of drug-likeness (QED) is 0.752. The Bertz CT molecular complexity index is 199.